The Morgan fingerprint density at radius 3 is 2.60 bits per heavy atom. The quantitative estimate of drug-likeness (QED) is 0.426. The van der Waals surface area contributed by atoms with Crippen LogP contribution < -0.4 is 10.6 Å². The summed E-state index contributed by atoms with van der Waals surface area (Å²) in [5, 5.41) is 6.80. The molecule has 120 valence electrons. The molecule has 1 rings (SSSR count). The number of ether oxygens (including phenoxy) is 1. The standard InChI is InChI=1S/C15H31N3O.HI/c1-12(8-9-15(2,3)4)18-14(16-5)17-11-13-7-6-10-19-13;/h12-13H,6-11H2,1-5H3,(H2,16,17,18);1H. The van der Waals surface area contributed by atoms with Crippen LogP contribution in [0.15, 0.2) is 4.99 Å². The molecule has 1 heterocycles. The number of hydrogen-bond acceptors (Lipinski definition) is 2. The summed E-state index contributed by atoms with van der Waals surface area (Å²) < 4.78 is 5.60. The Kier molecular flexibility index (Phi) is 9.80. The van der Waals surface area contributed by atoms with Crippen molar-refractivity contribution < 1.29 is 4.74 Å². The SMILES string of the molecule is CN=C(NCC1CCCO1)NC(C)CCC(C)(C)C.I. The molecule has 1 saturated heterocycles. The highest BCUT2D eigenvalue weighted by molar-refractivity contribution is 14.0. The third kappa shape index (κ3) is 9.00. The van der Waals surface area contributed by atoms with Gasteiger partial charge in [-0.3, -0.25) is 4.99 Å². The van der Waals surface area contributed by atoms with Gasteiger partial charge >= 0.3 is 0 Å². The first kappa shape index (κ1) is 20.0. The summed E-state index contributed by atoms with van der Waals surface area (Å²) >= 11 is 0. The molecule has 4 nitrogen and oxygen atoms in total. The summed E-state index contributed by atoms with van der Waals surface area (Å²) in [6, 6.07) is 0.440. The van der Waals surface area contributed by atoms with Crippen LogP contribution in [0, 0.1) is 5.41 Å². The fourth-order valence-corrected chi connectivity index (χ4v) is 2.17. The van der Waals surface area contributed by atoms with Crippen molar-refractivity contribution in [1.82, 2.24) is 10.6 Å². The van der Waals surface area contributed by atoms with E-state index >= 15 is 0 Å². The first-order valence-electron chi connectivity index (χ1n) is 7.49. The van der Waals surface area contributed by atoms with E-state index in [2.05, 4.69) is 43.3 Å². The number of nitrogens with one attached hydrogen (secondary N) is 2. The Labute approximate surface area is 141 Å². The molecule has 2 atom stereocenters. The zero-order valence-corrected chi connectivity index (χ0v) is 16.0. The fourth-order valence-electron chi connectivity index (χ4n) is 2.17. The first-order valence-corrected chi connectivity index (χ1v) is 7.49. The van der Waals surface area contributed by atoms with Gasteiger partial charge in [0.25, 0.3) is 0 Å². The highest BCUT2D eigenvalue weighted by Gasteiger charge is 2.16. The Morgan fingerprint density at radius 2 is 2.10 bits per heavy atom. The van der Waals surface area contributed by atoms with Crippen molar-refractivity contribution >= 4 is 29.9 Å². The summed E-state index contributed by atoms with van der Waals surface area (Å²) in [5.41, 5.74) is 0.393. The van der Waals surface area contributed by atoms with Gasteiger partial charge in [-0.25, -0.2) is 0 Å². The van der Waals surface area contributed by atoms with Crippen molar-refractivity contribution in [2.45, 2.75) is 65.5 Å². The second-order valence-electron chi connectivity index (χ2n) is 6.73. The van der Waals surface area contributed by atoms with Gasteiger partial charge in [-0.15, -0.1) is 24.0 Å². The van der Waals surface area contributed by atoms with Crippen LogP contribution >= 0.6 is 24.0 Å². The van der Waals surface area contributed by atoms with Crippen molar-refractivity contribution in [3.05, 3.63) is 0 Å². The van der Waals surface area contributed by atoms with E-state index in [0.29, 0.717) is 17.6 Å². The topological polar surface area (TPSA) is 45.7 Å². The van der Waals surface area contributed by atoms with Gasteiger partial charge in [0.05, 0.1) is 6.10 Å². The molecule has 0 bridgehead atoms. The van der Waals surface area contributed by atoms with Crippen molar-refractivity contribution in [2.24, 2.45) is 10.4 Å². The average molecular weight is 397 g/mol. The Hall–Kier alpha value is -0.0400. The smallest absolute Gasteiger partial charge is 0.191 e. The van der Waals surface area contributed by atoms with Gasteiger partial charge in [0.1, 0.15) is 0 Å². The molecule has 0 aromatic heterocycles. The van der Waals surface area contributed by atoms with E-state index in [1.54, 1.807) is 0 Å². The highest BCUT2D eigenvalue weighted by Crippen LogP contribution is 2.21. The lowest BCUT2D eigenvalue weighted by Crippen LogP contribution is -2.44. The number of guanidine groups is 1. The zero-order valence-electron chi connectivity index (χ0n) is 13.7. The number of hydrogen-bond donors (Lipinski definition) is 2. The fraction of sp³-hybridized carbons (Fsp3) is 0.933. The molecule has 0 radical (unpaired) electrons. The van der Waals surface area contributed by atoms with Crippen LogP contribution in [0.1, 0.15) is 53.4 Å². The van der Waals surface area contributed by atoms with E-state index in [9.17, 15) is 0 Å². The normalized spacial score (nSPS) is 21.2. The van der Waals surface area contributed by atoms with Gasteiger partial charge < -0.3 is 15.4 Å². The molecule has 0 spiro atoms. The minimum absolute atomic E-state index is 0. The molecule has 0 aromatic rings. The molecule has 2 N–H and O–H groups in total. The van der Waals surface area contributed by atoms with Crippen LogP contribution in [-0.2, 0) is 4.74 Å². The maximum atomic E-state index is 5.60. The molecule has 0 amide bonds. The van der Waals surface area contributed by atoms with Crippen molar-refractivity contribution in [3.63, 3.8) is 0 Å². The van der Waals surface area contributed by atoms with Crippen LogP contribution in [0.3, 0.4) is 0 Å². The summed E-state index contributed by atoms with van der Waals surface area (Å²) in [7, 11) is 1.82. The van der Waals surface area contributed by atoms with E-state index in [4.69, 9.17) is 4.74 Å². The van der Waals surface area contributed by atoms with Crippen LogP contribution in [-0.4, -0.2) is 38.3 Å². The van der Waals surface area contributed by atoms with E-state index < -0.39 is 0 Å². The van der Waals surface area contributed by atoms with Gasteiger partial charge in [-0.2, -0.15) is 0 Å². The first-order chi connectivity index (χ1) is 8.90. The lowest BCUT2D eigenvalue weighted by atomic mass is 9.89. The average Bonchev–Trinajstić information content (AvgIpc) is 2.84. The number of nitrogens with zero attached hydrogens (tertiary/aromatic N) is 1. The molecular formula is C15H32IN3O. The van der Waals surface area contributed by atoms with Crippen LogP contribution in [0.25, 0.3) is 0 Å². The Bertz CT molecular complexity index is 283. The monoisotopic (exact) mass is 397 g/mol. The van der Waals surface area contributed by atoms with Gasteiger partial charge in [0, 0.05) is 26.2 Å². The summed E-state index contributed by atoms with van der Waals surface area (Å²) in [6.07, 6.45) is 5.06. The highest BCUT2D eigenvalue weighted by atomic mass is 127. The lowest BCUT2D eigenvalue weighted by molar-refractivity contribution is 0.113. The van der Waals surface area contributed by atoms with Gasteiger partial charge in [-0.05, 0) is 38.0 Å². The number of halogens is 1. The molecule has 1 aliphatic rings. The number of rotatable bonds is 5. The third-order valence-electron chi connectivity index (χ3n) is 3.46. The largest absolute Gasteiger partial charge is 0.376 e. The summed E-state index contributed by atoms with van der Waals surface area (Å²) in [4.78, 5) is 4.27. The van der Waals surface area contributed by atoms with Crippen LogP contribution in [0.2, 0.25) is 0 Å². The van der Waals surface area contributed by atoms with Crippen molar-refractivity contribution in [2.75, 3.05) is 20.2 Å². The Morgan fingerprint density at radius 1 is 1.40 bits per heavy atom. The lowest BCUT2D eigenvalue weighted by Gasteiger charge is -2.23. The van der Waals surface area contributed by atoms with E-state index in [-0.39, 0.29) is 24.0 Å². The Balaban J connectivity index is 0.00000361. The van der Waals surface area contributed by atoms with Gasteiger partial charge in [0.2, 0.25) is 0 Å². The molecule has 2 unspecified atom stereocenters. The molecule has 1 aliphatic heterocycles. The maximum absolute atomic E-state index is 5.60. The van der Waals surface area contributed by atoms with Crippen LogP contribution in [0.5, 0.6) is 0 Å². The van der Waals surface area contributed by atoms with Gasteiger partial charge in [0.15, 0.2) is 5.96 Å². The minimum Gasteiger partial charge on any atom is -0.376 e. The van der Waals surface area contributed by atoms with Crippen molar-refractivity contribution in [1.29, 1.82) is 0 Å². The zero-order chi connectivity index (χ0) is 14.3. The number of aliphatic imine (C=N–C) groups is 1. The van der Waals surface area contributed by atoms with E-state index in [1.165, 1.54) is 12.8 Å². The predicted octanol–water partition coefficient (Wildman–Crippen LogP) is 3.16. The molecule has 1 fully saturated rings. The van der Waals surface area contributed by atoms with Crippen molar-refractivity contribution in [3.8, 4) is 0 Å². The summed E-state index contributed by atoms with van der Waals surface area (Å²) in [6.45, 7) is 10.8. The molecular weight excluding hydrogens is 365 g/mol. The summed E-state index contributed by atoms with van der Waals surface area (Å²) in [5.74, 6) is 0.886. The molecule has 5 heteroatoms. The van der Waals surface area contributed by atoms with Crippen LogP contribution in [0.4, 0.5) is 0 Å². The molecule has 0 aliphatic carbocycles. The molecule has 0 saturated carbocycles. The third-order valence-corrected chi connectivity index (χ3v) is 3.46. The maximum Gasteiger partial charge on any atom is 0.191 e. The van der Waals surface area contributed by atoms with E-state index in [1.807, 2.05) is 7.05 Å². The molecule has 0 aromatic carbocycles. The minimum atomic E-state index is 0. The molecule has 20 heavy (non-hydrogen) atoms. The second kappa shape index (κ2) is 9.82. The van der Waals surface area contributed by atoms with E-state index in [0.717, 1.165) is 32.0 Å². The van der Waals surface area contributed by atoms with Gasteiger partial charge in [-0.1, -0.05) is 20.8 Å². The predicted molar refractivity (Wildman–Crippen MR) is 97.0 cm³/mol. The second-order valence-corrected chi connectivity index (χ2v) is 6.73.